The molecule has 3 N–H and O–H groups in total. The maximum atomic E-state index is 12.5. The predicted molar refractivity (Wildman–Crippen MR) is 235 cm³/mol. The number of aliphatic hydroxyl groups is 1. The second kappa shape index (κ2) is 40.7. The quantitative estimate of drug-likeness (QED) is 0.0327. The van der Waals surface area contributed by atoms with E-state index in [-0.39, 0.29) is 12.3 Å². The lowest BCUT2D eigenvalue weighted by Gasteiger charge is -2.21. The van der Waals surface area contributed by atoms with Gasteiger partial charge in [0, 0.05) is 6.42 Å². The summed E-state index contributed by atoms with van der Waals surface area (Å²) in [5.74, 6) is -1.01. The van der Waals surface area contributed by atoms with E-state index in [2.05, 4.69) is 67.8 Å². The van der Waals surface area contributed by atoms with E-state index in [1.54, 1.807) is 0 Å². The molecule has 0 aliphatic rings. The van der Waals surface area contributed by atoms with Crippen molar-refractivity contribution in [2.75, 3.05) is 5.75 Å². The molecule has 0 aromatic rings. The zero-order valence-corrected chi connectivity index (χ0v) is 35.9. The fourth-order valence-electron chi connectivity index (χ4n) is 6.53. The molecular weight excluding hydrogens is 691 g/mol. The molecule has 0 bridgehead atoms. The molecule has 0 aromatic heterocycles. The molecule has 0 rings (SSSR count). The van der Waals surface area contributed by atoms with Crippen LogP contribution in [0.4, 0.5) is 0 Å². The Kier molecular flexibility index (Phi) is 39.2. The Balaban J connectivity index is 3.93. The molecule has 0 saturated heterocycles. The number of carbonyl (C=O) groups is 1. The fraction of sp³-hybridized carbons (Fsp3) is 0.766. The Bertz CT molecular complexity index is 1080. The van der Waals surface area contributed by atoms with E-state index in [0.717, 1.165) is 57.8 Å². The molecule has 0 aromatic carbocycles. The van der Waals surface area contributed by atoms with Crippen LogP contribution in [0.1, 0.15) is 213 Å². The Labute approximate surface area is 334 Å². The first-order valence-corrected chi connectivity index (χ1v) is 24.1. The van der Waals surface area contributed by atoms with Gasteiger partial charge in [-0.3, -0.25) is 9.35 Å². The highest BCUT2D eigenvalue weighted by molar-refractivity contribution is 7.85. The molecule has 0 aliphatic carbocycles. The molecule has 314 valence electrons. The minimum atomic E-state index is -4.36. The van der Waals surface area contributed by atoms with Gasteiger partial charge in [-0.1, -0.05) is 197 Å². The summed E-state index contributed by atoms with van der Waals surface area (Å²) >= 11 is 0. The van der Waals surface area contributed by atoms with E-state index in [1.807, 2.05) is 6.08 Å². The molecule has 2 unspecified atom stereocenters. The van der Waals surface area contributed by atoms with E-state index in [0.29, 0.717) is 6.42 Å². The Morgan fingerprint density at radius 3 is 1.30 bits per heavy atom. The van der Waals surface area contributed by atoms with Gasteiger partial charge in [-0.25, -0.2) is 0 Å². The smallest absolute Gasteiger partial charge is 0.267 e. The number of nitrogens with one attached hydrogen (secondary N) is 1. The van der Waals surface area contributed by atoms with Crippen molar-refractivity contribution in [2.24, 2.45) is 0 Å². The van der Waals surface area contributed by atoms with Gasteiger partial charge in [0.2, 0.25) is 5.91 Å². The third-order valence-corrected chi connectivity index (χ3v) is 10.7. The van der Waals surface area contributed by atoms with Gasteiger partial charge in [0.1, 0.15) is 0 Å². The summed E-state index contributed by atoms with van der Waals surface area (Å²) in [5, 5.41) is 13.2. The van der Waals surface area contributed by atoms with Gasteiger partial charge in [0.05, 0.1) is 17.9 Å². The van der Waals surface area contributed by atoms with E-state index < -0.39 is 28.0 Å². The summed E-state index contributed by atoms with van der Waals surface area (Å²) in [6, 6.07) is -1.08. The summed E-state index contributed by atoms with van der Waals surface area (Å²) in [7, 11) is -4.36. The first-order valence-electron chi connectivity index (χ1n) is 22.5. The largest absolute Gasteiger partial charge is 0.387 e. The summed E-state index contributed by atoms with van der Waals surface area (Å²) in [6.45, 7) is 4.51. The molecule has 6 nitrogen and oxygen atoms in total. The molecule has 1 amide bonds. The van der Waals surface area contributed by atoms with Gasteiger partial charge in [-0.05, 0) is 70.6 Å². The second-order valence-electron chi connectivity index (χ2n) is 15.3. The Morgan fingerprint density at radius 2 is 0.852 bits per heavy atom. The van der Waals surface area contributed by atoms with Crippen molar-refractivity contribution in [1.29, 1.82) is 0 Å². The third kappa shape index (κ3) is 41.2. The van der Waals surface area contributed by atoms with Crippen molar-refractivity contribution in [3.05, 3.63) is 60.8 Å². The maximum Gasteiger partial charge on any atom is 0.267 e. The second-order valence-corrected chi connectivity index (χ2v) is 16.8. The molecular formula is C47H85NO5S. The highest BCUT2D eigenvalue weighted by Crippen LogP contribution is 2.13. The number of rotatable bonds is 40. The van der Waals surface area contributed by atoms with Crippen molar-refractivity contribution in [3.63, 3.8) is 0 Å². The number of amides is 1. The van der Waals surface area contributed by atoms with Gasteiger partial charge >= 0.3 is 0 Å². The van der Waals surface area contributed by atoms with Crippen molar-refractivity contribution < 1.29 is 22.9 Å². The van der Waals surface area contributed by atoms with Gasteiger partial charge < -0.3 is 10.4 Å². The standard InChI is InChI=1S/C47H85NO5S/c1-3-5-7-9-11-13-15-17-19-21-22-23-24-25-26-27-29-31-33-35-37-39-41-43-47(50)48-45(44-54(51,52)53)46(49)42-40-38-36-34-32-30-28-20-18-16-14-12-10-8-6-4-2/h15,17,21-22,24-25,32,34,40,42,45-46,49H,3-14,16,18-20,23,26-31,33,35-39,41,43-44H2,1-2H3,(H,48,50)(H,51,52,53)/b17-15-,22-21-,25-24-,34-32+,42-40+. The number of carbonyl (C=O) groups excluding carboxylic acids is 1. The molecule has 2 atom stereocenters. The van der Waals surface area contributed by atoms with Crippen LogP contribution in [-0.4, -0.2) is 41.9 Å². The van der Waals surface area contributed by atoms with Crippen molar-refractivity contribution in [2.45, 2.75) is 225 Å². The summed E-state index contributed by atoms with van der Waals surface area (Å²) < 4.78 is 32.5. The third-order valence-electron chi connectivity index (χ3n) is 9.92. The monoisotopic (exact) mass is 776 g/mol. The minimum Gasteiger partial charge on any atom is -0.387 e. The van der Waals surface area contributed by atoms with Crippen LogP contribution < -0.4 is 5.32 Å². The molecule has 54 heavy (non-hydrogen) atoms. The van der Waals surface area contributed by atoms with Gasteiger partial charge in [0.25, 0.3) is 10.1 Å². The van der Waals surface area contributed by atoms with E-state index >= 15 is 0 Å². The van der Waals surface area contributed by atoms with Crippen molar-refractivity contribution >= 4 is 16.0 Å². The van der Waals surface area contributed by atoms with Crippen LogP contribution in [0, 0.1) is 0 Å². The van der Waals surface area contributed by atoms with Crippen LogP contribution in [-0.2, 0) is 14.9 Å². The summed E-state index contributed by atoms with van der Waals surface area (Å²) in [4.78, 5) is 12.5. The number of hydrogen-bond acceptors (Lipinski definition) is 4. The fourth-order valence-corrected chi connectivity index (χ4v) is 7.27. The van der Waals surface area contributed by atoms with E-state index in [4.69, 9.17) is 0 Å². The van der Waals surface area contributed by atoms with Gasteiger partial charge in [0.15, 0.2) is 0 Å². The SMILES string of the molecule is CCCCCCC/C=C\C/C=C\C/C=C\CCCCCCCCCCC(=O)NC(CS(=O)(=O)O)C(O)/C=C/CC/C=C/CCCCCCCCCCCC. The normalized spacial score (nSPS) is 13.8. The summed E-state index contributed by atoms with van der Waals surface area (Å²) in [6.07, 6.45) is 56.4. The number of unbranched alkanes of at least 4 members (excludes halogenated alkanes) is 24. The first kappa shape index (κ1) is 52.0. The molecule has 0 saturated carbocycles. The van der Waals surface area contributed by atoms with Crippen molar-refractivity contribution in [3.8, 4) is 0 Å². The van der Waals surface area contributed by atoms with E-state index in [1.165, 1.54) is 134 Å². The maximum absolute atomic E-state index is 12.5. The topological polar surface area (TPSA) is 104 Å². The lowest BCUT2D eigenvalue weighted by atomic mass is 10.1. The number of hydrogen-bond donors (Lipinski definition) is 3. The van der Waals surface area contributed by atoms with Crippen LogP contribution in [0.3, 0.4) is 0 Å². The molecule has 7 heteroatoms. The van der Waals surface area contributed by atoms with Crippen LogP contribution >= 0.6 is 0 Å². The van der Waals surface area contributed by atoms with Gasteiger partial charge in [-0.15, -0.1) is 0 Å². The lowest BCUT2D eigenvalue weighted by molar-refractivity contribution is -0.122. The molecule has 0 fully saturated rings. The highest BCUT2D eigenvalue weighted by atomic mass is 32.2. The minimum absolute atomic E-state index is 0.277. The Hall–Kier alpha value is -1.96. The predicted octanol–water partition coefficient (Wildman–Crippen LogP) is 13.6. The first-order chi connectivity index (χ1) is 26.3. The average molecular weight is 776 g/mol. The molecule has 0 spiro atoms. The zero-order valence-electron chi connectivity index (χ0n) is 35.1. The molecule has 0 radical (unpaired) electrons. The van der Waals surface area contributed by atoms with Crippen LogP contribution in [0.5, 0.6) is 0 Å². The average Bonchev–Trinajstić information content (AvgIpc) is 3.14. The highest BCUT2D eigenvalue weighted by Gasteiger charge is 2.24. The van der Waals surface area contributed by atoms with Crippen LogP contribution in [0.2, 0.25) is 0 Å². The molecule has 0 heterocycles. The number of allylic oxidation sites excluding steroid dienone is 9. The van der Waals surface area contributed by atoms with Crippen molar-refractivity contribution in [1.82, 2.24) is 5.32 Å². The van der Waals surface area contributed by atoms with Crippen LogP contribution in [0.25, 0.3) is 0 Å². The van der Waals surface area contributed by atoms with E-state index in [9.17, 15) is 22.9 Å². The zero-order chi connectivity index (χ0) is 39.6. The molecule has 0 aliphatic heterocycles. The van der Waals surface area contributed by atoms with Crippen LogP contribution in [0.15, 0.2) is 60.8 Å². The van der Waals surface area contributed by atoms with Gasteiger partial charge in [-0.2, -0.15) is 8.42 Å². The number of aliphatic hydroxyl groups excluding tert-OH is 1. The Morgan fingerprint density at radius 1 is 0.500 bits per heavy atom. The summed E-state index contributed by atoms with van der Waals surface area (Å²) in [5.41, 5.74) is 0. The lowest BCUT2D eigenvalue weighted by Crippen LogP contribution is -2.46.